The number of anilines is 2. The number of amides is 3. The number of halogens is 1. The van der Waals surface area contributed by atoms with Crippen molar-refractivity contribution in [3.05, 3.63) is 24.3 Å². The van der Waals surface area contributed by atoms with E-state index in [1.807, 2.05) is 24.3 Å². The Morgan fingerprint density at radius 3 is 2.37 bits per heavy atom. The van der Waals surface area contributed by atoms with Gasteiger partial charge in [0.15, 0.2) is 0 Å². The molecule has 0 atom stereocenters. The normalized spacial score (nSPS) is 14.3. The van der Waals surface area contributed by atoms with Crippen LogP contribution in [-0.2, 0) is 4.79 Å². The van der Waals surface area contributed by atoms with E-state index in [-0.39, 0.29) is 5.88 Å². The molecule has 0 aromatic heterocycles. The minimum absolute atomic E-state index is 0.235. The van der Waals surface area contributed by atoms with Crippen molar-refractivity contribution >= 4 is 34.9 Å². The number of imide groups is 1. The molecule has 2 N–H and O–H groups in total. The lowest BCUT2D eigenvalue weighted by Gasteiger charge is -2.17. The van der Waals surface area contributed by atoms with Crippen LogP contribution in [0, 0.1) is 0 Å². The SMILES string of the molecule is O=C(CCl)NC(=O)Nc1ccc(N2CCCC2)cc1. The van der Waals surface area contributed by atoms with E-state index in [1.165, 1.54) is 12.8 Å². The van der Waals surface area contributed by atoms with Gasteiger partial charge in [-0.3, -0.25) is 10.1 Å². The summed E-state index contributed by atoms with van der Waals surface area (Å²) < 4.78 is 0. The summed E-state index contributed by atoms with van der Waals surface area (Å²) in [5.41, 5.74) is 1.79. The van der Waals surface area contributed by atoms with Gasteiger partial charge in [-0.15, -0.1) is 11.6 Å². The van der Waals surface area contributed by atoms with Gasteiger partial charge in [-0.1, -0.05) is 0 Å². The summed E-state index contributed by atoms with van der Waals surface area (Å²) in [6.07, 6.45) is 2.45. The highest BCUT2D eigenvalue weighted by molar-refractivity contribution is 6.28. The standard InChI is InChI=1S/C13H16ClN3O2/c14-9-12(18)16-13(19)15-10-3-5-11(6-4-10)17-7-1-2-8-17/h3-6H,1-2,7-9H2,(H2,15,16,18,19). The van der Waals surface area contributed by atoms with Crippen LogP contribution < -0.4 is 15.5 Å². The summed E-state index contributed by atoms with van der Waals surface area (Å²) in [5.74, 6) is -0.755. The highest BCUT2D eigenvalue weighted by Crippen LogP contribution is 2.21. The Hall–Kier alpha value is -1.75. The molecule has 1 fully saturated rings. The number of hydrogen-bond donors (Lipinski definition) is 2. The second-order valence-electron chi connectivity index (χ2n) is 4.38. The number of nitrogens with one attached hydrogen (secondary N) is 2. The zero-order chi connectivity index (χ0) is 13.7. The summed E-state index contributed by atoms with van der Waals surface area (Å²) in [5, 5.41) is 4.69. The van der Waals surface area contributed by atoms with Crippen molar-refractivity contribution in [3.63, 3.8) is 0 Å². The number of rotatable bonds is 3. The van der Waals surface area contributed by atoms with E-state index in [0.717, 1.165) is 18.8 Å². The lowest BCUT2D eigenvalue weighted by Crippen LogP contribution is -2.35. The molecular formula is C13H16ClN3O2. The molecule has 1 heterocycles. The molecule has 0 unspecified atom stereocenters. The van der Waals surface area contributed by atoms with Crippen molar-refractivity contribution in [3.8, 4) is 0 Å². The predicted molar refractivity (Wildman–Crippen MR) is 75.8 cm³/mol. The monoisotopic (exact) mass is 281 g/mol. The van der Waals surface area contributed by atoms with E-state index >= 15 is 0 Å². The van der Waals surface area contributed by atoms with E-state index in [9.17, 15) is 9.59 Å². The lowest BCUT2D eigenvalue weighted by molar-refractivity contribution is -0.117. The largest absolute Gasteiger partial charge is 0.372 e. The molecule has 102 valence electrons. The first-order valence-corrected chi connectivity index (χ1v) is 6.74. The molecule has 1 aliphatic heterocycles. The Morgan fingerprint density at radius 2 is 1.79 bits per heavy atom. The summed E-state index contributed by atoms with van der Waals surface area (Å²) in [4.78, 5) is 24.6. The fraction of sp³-hybridized carbons (Fsp3) is 0.385. The van der Waals surface area contributed by atoms with Crippen LogP contribution in [0.15, 0.2) is 24.3 Å². The molecule has 0 aliphatic carbocycles. The van der Waals surface area contributed by atoms with Gasteiger partial charge in [0.05, 0.1) is 0 Å². The molecule has 2 rings (SSSR count). The maximum Gasteiger partial charge on any atom is 0.325 e. The maximum atomic E-state index is 11.4. The Kier molecular flexibility index (Phi) is 4.63. The fourth-order valence-corrected chi connectivity index (χ4v) is 2.12. The molecule has 6 heteroatoms. The third kappa shape index (κ3) is 3.86. The molecule has 1 aromatic rings. The van der Waals surface area contributed by atoms with Crippen LogP contribution >= 0.6 is 11.6 Å². The van der Waals surface area contributed by atoms with Crippen molar-refractivity contribution in [1.82, 2.24) is 5.32 Å². The minimum Gasteiger partial charge on any atom is -0.372 e. The van der Waals surface area contributed by atoms with Crippen LogP contribution in [0.1, 0.15) is 12.8 Å². The summed E-state index contributed by atoms with van der Waals surface area (Å²) in [7, 11) is 0. The van der Waals surface area contributed by atoms with E-state index in [2.05, 4.69) is 15.5 Å². The number of carbonyl (C=O) groups is 2. The minimum atomic E-state index is -0.570. The summed E-state index contributed by atoms with van der Waals surface area (Å²) >= 11 is 5.29. The Balaban J connectivity index is 1.91. The van der Waals surface area contributed by atoms with Crippen molar-refractivity contribution < 1.29 is 9.59 Å². The van der Waals surface area contributed by atoms with Gasteiger partial charge in [-0.25, -0.2) is 4.79 Å². The van der Waals surface area contributed by atoms with Gasteiger partial charge >= 0.3 is 6.03 Å². The molecule has 3 amide bonds. The topological polar surface area (TPSA) is 61.4 Å². The Morgan fingerprint density at radius 1 is 1.16 bits per heavy atom. The highest BCUT2D eigenvalue weighted by Gasteiger charge is 2.12. The van der Waals surface area contributed by atoms with Crippen molar-refractivity contribution in [2.45, 2.75) is 12.8 Å². The zero-order valence-electron chi connectivity index (χ0n) is 10.5. The Labute approximate surface area is 116 Å². The summed E-state index contributed by atoms with van der Waals surface area (Å²) in [6.45, 7) is 2.16. The molecule has 1 saturated heterocycles. The van der Waals surface area contributed by atoms with Crippen molar-refractivity contribution in [2.75, 3.05) is 29.2 Å². The third-order valence-corrected chi connectivity index (χ3v) is 3.21. The van der Waals surface area contributed by atoms with Crippen molar-refractivity contribution in [2.24, 2.45) is 0 Å². The smallest absolute Gasteiger partial charge is 0.325 e. The quantitative estimate of drug-likeness (QED) is 0.835. The third-order valence-electron chi connectivity index (χ3n) is 2.97. The van der Waals surface area contributed by atoms with Gasteiger partial charge in [0.1, 0.15) is 5.88 Å². The molecule has 0 spiro atoms. The molecule has 19 heavy (non-hydrogen) atoms. The van der Waals surface area contributed by atoms with E-state index in [4.69, 9.17) is 11.6 Å². The molecule has 0 radical (unpaired) electrons. The highest BCUT2D eigenvalue weighted by atomic mass is 35.5. The number of urea groups is 1. The molecule has 0 saturated carbocycles. The van der Waals surface area contributed by atoms with Crippen molar-refractivity contribution in [1.29, 1.82) is 0 Å². The number of hydrogen-bond acceptors (Lipinski definition) is 3. The van der Waals surface area contributed by atoms with Crippen LogP contribution in [0.4, 0.5) is 16.2 Å². The number of alkyl halides is 1. The molecule has 1 aromatic carbocycles. The van der Waals surface area contributed by atoms with Crippen LogP contribution in [0.5, 0.6) is 0 Å². The van der Waals surface area contributed by atoms with Gasteiger partial charge < -0.3 is 10.2 Å². The fourth-order valence-electron chi connectivity index (χ4n) is 2.05. The van der Waals surface area contributed by atoms with Gasteiger partial charge in [0.25, 0.3) is 0 Å². The van der Waals surface area contributed by atoms with Crippen LogP contribution in [0.2, 0.25) is 0 Å². The lowest BCUT2D eigenvalue weighted by atomic mass is 10.2. The predicted octanol–water partition coefficient (Wildman–Crippen LogP) is 2.17. The molecular weight excluding hydrogens is 266 g/mol. The molecule has 5 nitrogen and oxygen atoms in total. The number of benzene rings is 1. The second kappa shape index (κ2) is 6.43. The summed E-state index contributed by atoms with van der Waals surface area (Å²) in [6, 6.07) is 6.99. The van der Waals surface area contributed by atoms with Crippen LogP contribution in [0.3, 0.4) is 0 Å². The van der Waals surface area contributed by atoms with Gasteiger partial charge in [0.2, 0.25) is 5.91 Å². The van der Waals surface area contributed by atoms with Gasteiger partial charge in [-0.05, 0) is 37.1 Å². The average molecular weight is 282 g/mol. The first kappa shape index (κ1) is 13.7. The van der Waals surface area contributed by atoms with Crippen LogP contribution in [0.25, 0.3) is 0 Å². The van der Waals surface area contributed by atoms with E-state index in [0.29, 0.717) is 5.69 Å². The van der Waals surface area contributed by atoms with Crippen LogP contribution in [-0.4, -0.2) is 30.9 Å². The number of nitrogens with zero attached hydrogens (tertiary/aromatic N) is 1. The second-order valence-corrected chi connectivity index (χ2v) is 4.64. The maximum absolute atomic E-state index is 11.4. The van der Waals surface area contributed by atoms with E-state index < -0.39 is 11.9 Å². The molecule has 0 bridgehead atoms. The first-order valence-electron chi connectivity index (χ1n) is 6.21. The number of carbonyl (C=O) groups excluding carboxylic acids is 2. The molecule has 1 aliphatic rings. The zero-order valence-corrected chi connectivity index (χ0v) is 11.2. The Bertz CT molecular complexity index is 455. The first-order chi connectivity index (χ1) is 9.19. The average Bonchev–Trinajstić information content (AvgIpc) is 2.93. The van der Waals surface area contributed by atoms with E-state index in [1.54, 1.807) is 0 Å². The van der Waals surface area contributed by atoms with Gasteiger partial charge in [-0.2, -0.15) is 0 Å². The van der Waals surface area contributed by atoms with Gasteiger partial charge in [0, 0.05) is 24.5 Å².